The van der Waals surface area contributed by atoms with Crippen LogP contribution in [0.15, 0.2) is 12.4 Å². The summed E-state index contributed by atoms with van der Waals surface area (Å²) in [6.07, 6.45) is 3.12. The van der Waals surface area contributed by atoms with Crippen molar-refractivity contribution in [1.82, 2.24) is 9.97 Å². The maximum atomic E-state index is 10.4. The number of carboxylic acid groups (broad SMARTS) is 1. The van der Waals surface area contributed by atoms with Crippen molar-refractivity contribution < 1.29 is 14.6 Å². The molecule has 0 radical (unpaired) electrons. The Kier molecular flexibility index (Phi) is 3.84. The molecule has 0 atom stereocenters. The summed E-state index contributed by atoms with van der Waals surface area (Å²) >= 11 is 0. The van der Waals surface area contributed by atoms with Gasteiger partial charge in [0.25, 0.3) is 0 Å². The third-order valence-corrected chi connectivity index (χ3v) is 1.86. The Morgan fingerprint density at radius 3 is 2.93 bits per heavy atom. The molecule has 0 saturated heterocycles. The fourth-order valence-corrected chi connectivity index (χ4v) is 0.998. The van der Waals surface area contributed by atoms with Gasteiger partial charge in [0.2, 0.25) is 5.88 Å². The minimum atomic E-state index is -0.835. The van der Waals surface area contributed by atoms with E-state index in [1.54, 1.807) is 18.1 Å². The van der Waals surface area contributed by atoms with E-state index in [0.717, 1.165) is 0 Å². The molecule has 0 bridgehead atoms. The van der Waals surface area contributed by atoms with E-state index >= 15 is 0 Å². The van der Waals surface area contributed by atoms with Crippen LogP contribution in [0.25, 0.3) is 0 Å². The summed E-state index contributed by atoms with van der Waals surface area (Å²) in [5.74, 6) is 0.169. The summed E-state index contributed by atoms with van der Waals surface area (Å²) in [4.78, 5) is 20.1. The SMILES string of the molecule is COc1cncc(N(C)CCC(=O)O)n1. The van der Waals surface area contributed by atoms with Crippen LogP contribution in [-0.2, 0) is 4.79 Å². The lowest BCUT2D eigenvalue weighted by atomic mass is 10.4. The van der Waals surface area contributed by atoms with Gasteiger partial charge in [0.1, 0.15) is 0 Å². The maximum Gasteiger partial charge on any atom is 0.305 e. The van der Waals surface area contributed by atoms with E-state index in [9.17, 15) is 4.79 Å². The van der Waals surface area contributed by atoms with E-state index in [2.05, 4.69) is 9.97 Å². The molecule has 1 aromatic heterocycles. The standard InChI is InChI=1S/C9H13N3O3/c1-12(4-3-9(13)14)7-5-10-6-8(11-7)15-2/h5-6H,3-4H2,1-2H3,(H,13,14). The quantitative estimate of drug-likeness (QED) is 0.759. The van der Waals surface area contributed by atoms with Gasteiger partial charge in [-0.1, -0.05) is 0 Å². The molecule has 0 unspecified atom stereocenters. The van der Waals surface area contributed by atoms with Crippen molar-refractivity contribution in [3.8, 4) is 5.88 Å². The van der Waals surface area contributed by atoms with Gasteiger partial charge >= 0.3 is 5.97 Å². The Morgan fingerprint density at radius 1 is 1.60 bits per heavy atom. The third kappa shape index (κ3) is 3.41. The van der Waals surface area contributed by atoms with E-state index in [-0.39, 0.29) is 6.42 Å². The van der Waals surface area contributed by atoms with E-state index in [4.69, 9.17) is 9.84 Å². The van der Waals surface area contributed by atoms with Gasteiger partial charge in [-0.25, -0.2) is 0 Å². The van der Waals surface area contributed by atoms with Crippen LogP contribution in [0.4, 0.5) is 5.82 Å². The highest BCUT2D eigenvalue weighted by Crippen LogP contribution is 2.11. The Balaban J connectivity index is 2.64. The molecule has 15 heavy (non-hydrogen) atoms. The molecule has 0 saturated carbocycles. The molecule has 0 fully saturated rings. The number of methoxy groups -OCH3 is 1. The van der Waals surface area contributed by atoms with Crippen LogP contribution < -0.4 is 9.64 Å². The van der Waals surface area contributed by atoms with Crippen molar-refractivity contribution in [1.29, 1.82) is 0 Å². The van der Waals surface area contributed by atoms with Crippen molar-refractivity contribution in [2.45, 2.75) is 6.42 Å². The molecule has 0 aliphatic rings. The molecular formula is C9H13N3O3. The summed E-state index contributed by atoms with van der Waals surface area (Å²) in [5.41, 5.74) is 0. The van der Waals surface area contributed by atoms with Gasteiger partial charge in [-0.15, -0.1) is 0 Å². The van der Waals surface area contributed by atoms with Crippen molar-refractivity contribution >= 4 is 11.8 Å². The van der Waals surface area contributed by atoms with Gasteiger partial charge in [0.05, 0.1) is 25.9 Å². The Morgan fingerprint density at radius 2 is 2.33 bits per heavy atom. The fourth-order valence-electron chi connectivity index (χ4n) is 0.998. The average molecular weight is 211 g/mol. The third-order valence-electron chi connectivity index (χ3n) is 1.86. The number of hydrogen-bond donors (Lipinski definition) is 1. The smallest absolute Gasteiger partial charge is 0.305 e. The molecule has 0 aliphatic heterocycles. The van der Waals surface area contributed by atoms with Crippen LogP contribution in [-0.4, -0.2) is 41.7 Å². The minimum absolute atomic E-state index is 0.0649. The molecule has 0 aromatic carbocycles. The number of hydrogen-bond acceptors (Lipinski definition) is 5. The highest BCUT2D eigenvalue weighted by Gasteiger charge is 2.06. The van der Waals surface area contributed by atoms with Crippen LogP contribution in [0.3, 0.4) is 0 Å². The highest BCUT2D eigenvalue weighted by atomic mass is 16.5. The van der Waals surface area contributed by atoms with Gasteiger partial charge in [-0.2, -0.15) is 4.98 Å². The van der Waals surface area contributed by atoms with E-state index < -0.39 is 5.97 Å². The van der Waals surface area contributed by atoms with Gasteiger partial charge in [0.15, 0.2) is 5.82 Å². The van der Waals surface area contributed by atoms with E-state index in [1.807, 2.05) is 0 Å². The second-order valence-corrected chi connectivity index (χ2v) is 2.98. The normalized spacial score (nSPS) is 9.73. The minimum Gasteiger partial charge on any atom is -0.481 e. The molecule has 6 nitrogen and oxygen atoms in total. The first-order valence-corrected chi connectivity index (χ1v) is 4.42. The Hall–Kier alpha value is -1.85. The molecular weight excluding hydrogens is 198 g/mol. The summed E-state index contributed by atoms with van der Waals surface area (Å²) < 4.78 is 4.91. The molecule has 1 rings (SSSR count). The predicted octanol–water partition coefficient (Wildman–Crippen LogP) is 0.396. The number of nitrogens with zero attached hydrogens (tertiary/aromatic N) is 3. The number of aromatic nitrogens is 2. The predicted molar refractivity (Wildman–Crippen MR) is 54.1 cm³/mol. The first-order chi connectivity index (χ1) is 7.13. The molecule has 0 aliphatic carbocycles. The largest absolute Gasteiger partial charge is 0.481 e. The molecule has 1 aromatic rings. The van der Waals surface area contributed by atoms with Crippen molar-refractivity contribution in [3.63, 3.8) is 0 Å². The number of ether oxygens (including phenoxy) is 1. The van der Waals surface area contributed by atoms with Crippen LogP contribution in [0.1, 0.15) is 6.42 Å². The van der Waals surface area contributed by atoms with Crippen LogP contribution >= 0.6 is 0 Å². The number of rotatable bonds is 5. The van der Waals surface area contributed by atoms with Crippen molar-refractivity contribution in [3.05, 3.63) is 12.4 Å². The number of aliphatic carboxylic acids is 1. The van der Waals surface area contributed by atoms with Crippen molar-refractivity contribution in [2.75, 3.05) is 25.6 Å². The van der Waals surface area contributed by atoms with Crippen LogP contribution in [0, 0.1) is 0 Å². The van der Waals surface area contributed by atoms with Crippen LogP contribution in [0.5, 0.6) is 5.88 Å². The lowest BCUT2D eigenvalue weighted by molar-refractivity contribution is -0.136. The summed E-state index contributed by atoms with van der Waals surface area (Å²) in [7, 11) is 3.26. The first-order valence-electron chi connectivity index (χ1n) is 4.42. The van der Waals surface area contributed by atoms with Gasteiger partial charge in [-0.05, 0) is 0 Å². The zero-order valence-corrected chi connectivity index (χ0v) is 8.67. The monoisotopic (exact) mass is 211 g/mol. The number of carboxylic acids is 1. The fraction of sp³-hybridized carbons (Fsp3) is 0.444. The molecule has 0 spiro atoms. The average Bonchev–Trinajstić information content (AvgIpc) is 2.26. The Labute approximate surface area is 87.5 Å². The summed E-state index contributed by atoms with van der Waals surface area (Å²) in [6, 6.07) is 0. The second kappa shape index (κ2) is 5.14. The molecule has 1 heterocycles. The molecule has 0 amide bonds. The number of anilines is 1. The zero-order chi connectivity index (χ0) is 11.3. The van der Waals surface area contributed by atoms with Gasteiger partial charge in [-0.3, -0.25) is 9.78 Å². The van der Waals surface area contributed by atoms with Crippen molar-refractivity contribution in [2.24, 2.45) is 0 Å². The lowest BCUT2D eigenvalue weighted by Crippen LogP contribution is -2.22. The first kappa shape index (κ1) is 11.2. The Bertz CT molecular complexity index is 343. The number of carbonyl (C=O) groups is 1. The molecule has 82 valence electrons. The summed E-state index contributed by atoms with van der Waals surface area (Å²) in [5, 5.41) is 8.52. The van der Waals surface area contributed by atoms with Gasteiger partial charge < -0.3 is 14.7 Å². The van der Waals surface area contributed by atoms with E-state index in [0.29, 0.717) is 18.2 Å². The summed E-state index contributed by atoms with van der Waals surface area (Å²) in [6.45, 7) is 0.386. The van der Waals surface area contributed by atoms with Gasteiger partial charge in [0, 0.05) is 13.6 Å². The molecule has 1 N–H and O–H groups in total. The van der Waals surface area contributed by atoms with Crippen LogP contribution in [0.2, 0.25) is 0 Å². The highest BCUT2D eigenvalue weighted by molar-refractivity contribution is 5.67. The lowest BCUT2D eigenvalue weighted by Gasteiger charge is -2.16. The second-order valence-electron chi connectivity index (χ2n) is 2.98. The maximum absolute atomic E-state index is 10.4. The van der Waals surface area contributed by atoms with E-state index in [1.165, 1.54) is 13.3 Å². The zero-order valence-electron chi connectivity index (χ0n) is 8.67. The topological polar surface area (TPSA) is 75.5 Å². The molecule has 6 heteroatoms.